The molecule has 126 valence electrons. The minimum Gasteiger partial charge on any atom is -0.451 e. The summed E-state index contributed by atoms with van der Waals surface area (Å²) in [5, 5.41) is 15.6. The van der Waals surface area contributed by atoms with Crippen molar-refractivity contribution in [2.45, 2.75) is 6.54 Å². The van der Waals surface area contributed by atoms with E-state index in [0.29, 0.717) is 22.8 Å². The lowest BCUT2D eigenvalue weighted by Crippen LogP contribution is -2.22. The quantitative estimate of drug-likeness (QED) is 0.674. The Labute approximate surface area is 151 Å². The number of carbonyl (C=O) groups excluding carboxylic acids is 2. The zero-order chi connectivity index (χ0) is 17.6. The van der Waals surface area contributed by atoms with Gasteiger partial charge < -0.3 is 14.6 Å². The summed E-state index contributed by atoms with van der Waals surface area (Å²) in [7, 11) is 0. The zero-order valence-electron chi connectivity index (χ0n) is 13.0. The summed E-state index contributed by atoms with van der Waals surface area (Å²) in [5.41, 5.74) is 0.768. The Morgan fingerprint density at radius 1 is 1.20 bits per heavy atom. The van der Waals surface area contributed by atoms with Crippen LogP contribution in [0.15, 0.2) is 47.3 Å². The van der Waals surface area contributed by atoms with Crippen LogP contribution in [0.4, 0.5) is 5.00 Å². The van der Waals surface area contributed by atoms with Crippen molar-refractivity contribution in [3.05, 3.63) is 63.4 Å². The molecular weight excluding hydrogens is 358 g/mol. The summed E-state index contributed by atoms with van der Waals surface area (Å²) in [4.78, 5) is 25.2. The van der Waals surface area contributed by atoms with Crippen molar-refractivity contribution in [3.8, 4) is 6.07 Å². The molecule has 3 heterocycles. The van der Waals surface area contributed by atoms with Crippen LogP contribution in [0.3, 0.4) is 0 Å². The van der Waals surface area contributed by atoms with E-state index >= 15 is 0 Å². The first-order valence-corrected chi connectivity index (χ1v) is 9.05. The van der Waals surface area contributed by atoms with E-state index in [1.807, 2.05) is 23.6 Å². The van der Waals surface area contributed by atoms with Crippen molar-refractivity contribution in [1.29, 1.82) is 5.26 Å². The third-order valence-electron chi connectivity index (χ3n) is 3.32. The van der Waals surface area contributed by atoms with Crippen LogP contribution < -0.4 is 5.32 Å². The fourth-order valence-corrected chi connectivity index (χ4v) is 3.63. The van der Waals surface area contributed by atoms with Crippen LogP contribution in [-0.2, 0) is 16.1 Å². The normalized spacial score (nSPS) is 10.2. The van der Waals surface area contributed by atoms with Gasteiger partial charge in [0.05, 0.1) is 12.1 Å². The second-order valence-electron chi connectivity index (χ2n) is 5.00. The van der Waals surface area contributed by atoms with Gasteiger partial charge in [-0.05, 0) is 35.0 Å². The smallest absolute Gasteiger partial charge is 0.355 e. The average molecular weight is 371 g/mol. The molecule has 0 saturated heterocycles. The highest BCUT2D eigenvalue weighted by molar-refractivity contribution is 7.14. The molecule has 0 aliphatic rings. The van der Waals surface area contributed by atoms with Crippen molar-refractivity contribution in [2.24, 2.45) is 0 Å². The second kappa shape index (κ2) is 7.79. The molecule has 6 nitrogen and oxygen atoms in total. The number of hydrogen-bond acceptors (Lipinski definition) is 6. The Morgan fingerprint density at radius 3 is 2.84 bits per heavy atom. The van der Waals surface area contributed by atoms with Crippen LogP contribution in [0.1, 0.15) is 20.9 Å². The monoisotopic (exact) mass is 371 g/mol. The molecule has 0 bridgehead atoms. The fourth-order valence-electron chi connectivity index (χ4n) is 2.17. The lowest BCUT2D eigenvalue weighted by molar-refractivity contribution is -0.119. The van der Waals surface area contributed by atoms with Crippen LogP contribution in [-0.4, -0.2) is 23.1 Å². The van der Waals surface area contributed by atoms with Gasteiger partial charge in [0.15, 0.2) is 6.61 Å². The minimum absolute atomic E-state index is 0.384. The molecule has 0 aliphatic heterocycles. The molecule has 0 fully saturated rings. The van der Waals surface area contributed by atoms with E-state index in [-0.39, 0.29) is 0 Å². The highest BCUT2D eigenvalue weighted by Crippen LogP contribution is 2.22. The summed E-state index contributed by atoms with van der Waals surface area (Å²) in [6.45, 7) is 0.161. The van der Waals surface area contributed by atoms with Gasteiger partial charge >= 0.3 is 5.97 Å². The van der Waals surface area contributed by atoms with Crippen molar-refractivity contribution in [3.63, 3.8) is 0 Å². The molecule has 0 atom stereocenters. The van der Waals surface area contributed by atoms with Gasteiger partial charge in [-0.2, -0.15) is 5.26 Å². The predicted octanol–water partition coefficient (Wildman–Crippen LogP) is 3.33. The molecule has 25 heavy (non-hydrogen) atoms. The number of anilines is 1. The number of aromatic nitrogens is 1. The highest BCUT2D eigenvalue weighted by atomic mass is 32.1. The first-order valence-electron chi connectivity index (χ1n) is 7.29. The van der Waals surface area contributed by atoms with E-state index in [2.05, 4.69) is 5.32 Å². The van der Waals surface area contributed by atoms with Crippen molar-refractivity contribution >= 4 is 39.6 Å². The molecular formula is C17H13N3O3S2. The van der Waals surface area contributed by atoms with E-state index in [9.17, 15) is 9.59 Å². The molecule has 0 aromatic carbocycles. The van der Waals surface area contributed by atoms with Gasteiger partial charge in [0.2, 0.25) is 0 Å². The Kier molecular flexibility index (Phi) is 5.28. The lowest BCUT2D eigenvalue weighted by Gasteiger charge is -2.08. The van der Waals surface area contributed by atoms with E-state index in [4.69, 9.17) is 10.00 Å². The number of nitriles is 1. The Bertz CT molecular complexity index is 919. The number of thiophene rings is 2. The standard InChI is InChI=1S/C17H13N3O3S2/c18-9-12-5-8-25-16(12)19-15(21)11-23-17(22)14-4-1-6-20(14)10-13-3-2-7-24-13/h1-8H,10-11H2,(H,19,21). The fraction of sp³-hybridized carbons (Fsp3) is 0.118. The average Bonchev–Trinajstić information content (AvgIpc) is 3.34. The second-order valence-corrected chi connectivity index (χ2v) is 6.95. The number of carbonyl (C=O) groups is 2. The zero-order valence-corrected chi connectivity index (χ0v) is 14.6. The molecule has 0 radical (unpaired) electrons. The van der Waals surface area contributed by atoms with Gasteiger partial charge in [0.1, 0.15) is 16.8 Å². The Morgan fingerprint density at radius 2 is 2.08 bits per heavy atom. The van der Waals surface area contributed by atoms with Crippen LogP contribution in [0.2, 0.25) is 0 Å². The van der Waals surface area contributed by atoms with E-state index in [0.717, 1.165) is 4.88 Å². The summed E-state index contributed by atoms with van der Waals surface area (Å²) >= 11 is 2.84. The number of nitrogens with one attached hydrogen (secondary N) is 1. The summed E-state index contributed by atoms with van der Waals surface area (Å²) in [5.74, 6) is -1.05. The maximum absolute atomic E-state index is 12.2. The molecule has 0 spiro atoms. The van der Waals surface area contributed by atoms with Gasteiger partial charge in [0.25, 0.3) is 5.91 Å². The topological polar surface area (TPSA) is 84.1 Å². The number of amides is 1. The van der Waals surface area contributed by atoms with Crippen molar-refractivity contribution in [2.75, 3.05) is 11.9 Å². The van der Waals surface area contributed by atoms with Gasteiger partial charge in [-0.1, -0.05) is 6.07 Å². The number of nitrogens with zero attached hydrogens (tertiary/aromatic N) is 2. The summed E-state index contributed by atoms with van der Waals surface area (Å²) in [6.07, 6.45) is 1.79. The van der Waals surface area contributed by atoms with Gasteiger partial charge in [-0.15, -0.1) is 22.7 Å². The van der Waals surface area contributed by atoms with E-state index < -0.39 is 18.5 Å². The third-order valence-corrected chi connectivity index (χ3v) is 5.01. The molecule has 0 unspecified atom stereocenters. The lowest BCUT2D eigenvalue weighted by atomic mass is 10.3. The molecule has 1 N–H and O–H groups in total. The van der Waals surface area contributed by atoms with Crippen molar-refractivity contribution in [1.82, 2.24) is 4.57 Å². The number of ether oxygens (including phenoxy) is 1. The molecule has 0 aliphatic carbocycles. The van der Waals surface area contributed by atoms with Crippen LogP contribution in [0.25, 0.3) is 0 Å². The minimum atomic E-state index is -0.566. The Hall–Kier alpha value is -2.89. The van der Waals surface area contributed by atoms with Gasteiger partial charge in [0, 0.05) is 11.1 Å². The number of hydrogen-bond donors (Lipinski definition) is 1. The van der Waals surface area contributed by atoms with Gasteiger partial charge in [-0.3, -0.25) is 4.79 Å². The molecule has 3 aromatic heterocycles. The maximum atomic E-state index is 12.2. The molecule has 8 heteroatoms. The van der Waals surface area contributed by atoms with Gasteiger partial charge in [-0.25, -0.2) is 4.79 Å². The van der Waals surface area contributed by atoms with Crippen LogP contribution in [0, 0.1) is 11.3 Å². The Balaban J connectivity index is 1.57. The molecule has 3 rings (SSSR count). The summed E-state index contributed by atoms with van der Waals surface area (Å²) < 4.78 is 6.86. The number of rotatable bonds is 6. The molecule has 0 saturated carbocycles. The van der Waals surface area contributed by atoms with Crippen molar-refractivity contribution < 1.29 is 14.3 Å². The first kappa shape index (κ1) is 17.0. The van der Waals surface area contributed by atoms with Crippen LogP contribution in [0.5, 0.6) is 0 Å². The number of esters is 1. The third kappa shape index (κ3) is 4.15. The predicted molar refractivity (Wildman–Crippen MR) is 95.8 cm³/mol. The first-order chi connectivity index (χ1) is 12.2. The molecule has 1 amide bonds. The largest absolute Gasteiger partial charge is 0.451 e. The highest BCUT2D eigenvalue weighted by Gasteiger charge is 2.15. The maximum Gasteiger partial charge on any atom is 0.355 e. The molecule has 3 aromatic rings. The van der Waals surface area contributed by atoms with Crippen LogP contribution >= 0.6 is 22.7 Å². The SMILES string of the molecule is N#Cc1ccsc1NC(=O)COC(=O)c1cccn1Cc1cccs1. The van der Waals surface area contributed by atoms with E-state index in [1.54, 1.807) is 45.7 Å². The summed E-state index contributed by atoms with van der Waals surface area (Å²) in [6, 6.07) is 10.9. The van der Waals surface area contributed by atoms with E-state index in [1.165, 1.54) is 11.3 Å².